The summed E-state index contributed by atoms with van der Waals surface area (Å²) in [5, 5.41) is 2.64. The lowest BCUT2D eigenvalue weighted by Gasteiger charge is -2.31. The summed E-state index contributed by atoms with van der Waals surface area (Å²) in [6.45, 7) is 5.42. The van der Waals surface area contributed by atoms with Crippen molar-refractivity contribution in [1.29, 1.82) is 0 Å². The molecular formula is C19H28ClN3OS. The van der Waals surface area contributed by atoms with Crippen LogP contribution in [0.5, 0.6) is 0 Å². The van der Waals surface area contributed by atoms with Crippen molar-refractivity contribution in [3.8, 4) is 0 Å². The van der Waals surface area contributed by atoms with E-state index < -0.39 is 0 Å². The van der Waals surface area contributed by atoms with E-state index in [1.807, 2.05) is 16.3 Å². The largest absolute Gasteiger partial charge is 0.334 e. The molecule has 0 aliphatic carbocycles. The van der Waals surface area contributed by atoms with Gasteiger partial charge < -0.3 is 10.6 Å². The lowest BCUT2D eigenvalue weighted by Crippen LogP contribution is -2.42. The van der Waals surface area contributed by atoms with E-state index in [2.05, 4.69) is 43.1 Å². The van der Waals surface area contributed by atoms with Crippen molar-refractivity contribution in [2.75, 3.05) is 6.54 Å². The van der Waals surface area contributed by atoms with Gasteiger partial charge in [-0.2, -0.15) is 0 Å². The molecule has 1 aromatic carbocycles. The number of benzene rings is 1. The van der Waals surface area contributed by atoms with E-state index in [-0.39, 0.29) is 24.4 Å². The smallest absolute Gasteiger partial charge is 0.273 e. The van der Waals surface area contributed by atoms with E-state index >= 15 is 0 Å². The van der Waals surface area contributed by atoms with Crippen LogP contribution >= 0.6 is 23.7 Å². The van der Waals surface area contributed by atoms with Crippen molar-refractivity contribution < 1.29 is 4.79 Å². The van der Waals surface area contributed by atoms with Crippen LogP contribution in [0, 0.1) is 0 Å². The fraction of sp³-hybridized carbons (Fsp3) is 0.474. The number of nitrogens with two attached hydrogens (primary N) is 1. The molecule has 0 fully saturated rings. The van der Waals surface area contributed by atoms with Crippen LogP contribution in [-0.4, -0.2) is 28.4 Å². The zero-order valence-electron chi connectivity index (χ0n) is 15.0. The van der Waals surface area contributed by atoms with Crippen molar-refractivity contribution in [3.05, 3.63) is 52.0 Å². The second-order valence-corrected chi connectivity index (χ2v) is 6.90. The molecule has 25 heavy (non-hydrogen) atoms. The third kappa shape index (κ3) is 6.10. The standard InChI is InChI=1S/C19H27N3OS.ClH/c1-3-8-16(12-15-9-6-5-7-10-15)22(11-4-2)19(23)17-14-24-18(13-20)21-17;/h5-7,9-10,14,16H,3-4,8,11-13,20H2,1-2H3;1H. The molecule has 0 saturated heterocycles. The molecular weight excluding hydrogens is 354 g/mol. The number of hydrogen-bond acceptors (Lipinski definition) is 4. The monoisotopic (exact) mass is 381 g/mol. The molecule has 1 unspecified atom stereocenters. The average molecular weight is 382 g/mol. The number of nitrogens with zero attached hydrogens (tertiary/aromatic N) is 2. The van der Waals surface area contributed by atoms with Crippen LogP contribution in [-0.2, 0) is 13.0 Å². The Morgan fingerprint density at radius 3 is 2.52 bits per heavy atom. The highest BCUT2D eigenvalue weighted by molar-refractivity contribution is 7.09. The molecule has 0 aliphatic rings. The van der Waals surface area contributed by atoms with Gasteiger partial charge in [0.05, 0.1) is 0 Å². The van der Waals surface area contributed by atoms with Crippen LogP contribution in [0.2, 0.25) is 0 Å². The van der Waals surface area contributed by atoms with Gasteiger partial charge >= 0.3 is 0 Å². The molecule has 0 saturated carbocycles. The first-order chi connectivity index (χ1) is 11.7. The predicted molar refractivity (Wildman–Crippen MR) is 107 cm³/mol. The highest BCUT2D eigenvalue weighted by Crippen LogP contribution is 2.19. The normalized spacial score (nSPS) is 11.6. The summed E-state index contributed by atoms with van der Waals surface area (Å²) >= 11 is 1.46. The highest BCUT2D eigenvalue weighted by Gasteiger charge is 2.25. The minimum absolute atomic E-state index is 0. The van der Waals surface area contributed by atoms with E-state index in [0.29, 0.717) is 12.2 Å². The number of carbonyl (C=O) groups is 1. The van der Waals surface area contributed by atoms with Crippen LogP contribution in [0.1, 0.15) is 54.2 Å². The zero-order valence-corrected chi connectivity index (χ0v) is 16.6. The summed E-state index contributed by atoms with van der Waals surface area (Å²) in [6, 6.07) is 10.6. The van der Waals surface area contributed by atoms with Crippen molar-refractivity contribution >= 4 is 29.7 Å². The molecule has 4 nitrogen and oxygen atoms in total. The summed E-state index contributed by atoms with van der Waals surface area (Å²) in [5.74, 6) is 0.0298. The van der Waals surface area contributed by atoms with E-state index in [1.165, 1.54) is 16.9 Å². The van der Waals surface area contributed by atoms with Gasteiger partial charge in [-0.05, 0) is 24.8 Å². The summed E-state index contributed by atoms with van der Waals surface area (Å²) in [6.07, 6.45) is 3.87. The van der Waals surface area contributed by atoms with Gasteiger partial charge in [0, 0.05) is 24.5 Å². The molecule has 6 heteroatoms. The van der Waals surface area contributed by atoms with Crippen molar-refractivity contribution in [3.63, 3.8) is 0 Å². The van der Waals surface area contributed by atoms with Crippen molar-refractivity contribution in [2.45, 2.75) is 52.1 Å². The molecule has 0 spiro atoms. The Bertz CT molecular complexity index is 633. The molecule has 1 amide bonds. The molecule has 0 bridgehead atoms. The van der Waals surface area contributed by atoms with Crippen LogP contribution in [0.25, 0.3) is 0 Å². The maximum absolute atomic E-state index is 13.0. The Morgan fingerprint density at radius 2 is 1.96 bits per heavy atom. The number of amides is 1. The van der Waals surface area contributed by atoms with Gasteiger partial charge in [-0.25, -0.2) is 4.98 Å². The van der Waals surface area contributed by atoms with E-state index in [0.717, 1.165) is 37.2 Å². The van der Waals surface area contributed by atoms with E-state index in [9.17, 15) is 4.79 Å². The van der Waals surface area contributed by atoms with Gasteiger partial charge in [0.25, 0.3) is 5.91 Å². The topological polar surface area (TPSA) is 59.2 Å². The first-order valence-corrected chi connectivity index (χ1v) is 9.56. The van der Waals surface area contributed by atoms with Crippen LogP contribution < -0.4 is 5.73 Å². The third-order valence-corrected chi connectivity index (χ3v) is 4.92. The number of aromatic nitrogens is 1. The van der Waals surface area contributed by atoms with Crippen LogP contribution in [0.4, 0.5) is 0 Å². The summed E-state index contributed by atoms with van der Waals surface area (Å²) in [5.41, 5.74) is 7.43. The molecule has 1 atom stereocenters. The molecule has 1 heterocycles. The van der Waals surface area contributed by atoms with E-state index in [4.69, 9.17) is 5.73 Å². The minimum atomic E-state index is 0. The Balaban J connectivity index is 0.00000312. The molecule has 0 aliphatic heterocycles. The molecule has 2 rings (SSSR count). The molecule has 2 aromatic rings. The molecule has 2 N–H and O–H groups in total. The lowest BCUT2D eigenvalue weighted by molar-refractivity contribution is 0.0661. The number of rotatable bonds is 9. The molecule has 138 valence electrons. The van der Waals surface area contributed by atoms with Crippen LogP contribution in [0.15, 0.2) is 35.7 Å². The Labute approximate surface area is 160 Å². The number of hydrogen-bond donors (Lipinski definition) is 1. The zero-order chi connectivity index (χ0) is 17.4. The summed E-state index contributed by atoms with van der Waals surface area (Å²) in [4.78, 5) is 19.4. The van der Waals surface area contributed by atoms with Gasteiger partial charge in [0.2, 0.25) is 0 Å². The highest BCUT2D eigenvalue weighted by atomic mass is 35.5. The fourth-order valence-electron chi connectivity index (χ4n) is 2.93. The van der Waals surface area contributed by atoms with Gasteiger partial charge in [-0.3, -0.25) is 4.79 Å². The molecule has 0 radical (unpaired) electrons. The Kier molecular flexibility index (Phi) is 9.71. The van der Waals surface area contributed by atoms with Crippen LogP contribution in [0.3, 0.4) is 0 Å². The van der Waals surface area contributed by atoms with Crippen molar-refractivity contribution in [1.82, 2.24) is 9.88 Å². The first-order valence-electron chi connectivity index (χ1n) is 8.68. The second kappa shape index (κ2) is 11.2. The van der Waals surface area contributed by atoms with E-state index in [1.54, 1.807) is 0 Å². The maximum atomic E-state index is 13.0. The summed E-state index contributed by atoms with van der Waals surface area (Å²) < 4.78 is 0. The SMILES string of the molecule is CCCC(Cc1ccccc1)N(CCC)C(=O)c1csc(CN)n1.Cl. The van der Waals surface area contributed by atoms with Crippen molar-refractivity contribution in [2.24, 2.45) is 5.73 Å². The van der Waals surface area contributed by atoms with Gasteiger partial charge in [0.1, 0.15) is 10.7 Å². The Morgan fingerprint density at radius 1 is 1.24 bits per heavy atom. The molecule has 1 aromatic heterocycles. The number of halogens is 1. The Hall–Kier alpha value is -1.43. The third-order valence-electron chi connectivity index (χ3n) is 4.05. The number of carbonyl (C=O) groups excluding carboxylic acids is 1. The van der Waals surface area contributed by atoms with Gasteiger partial charge in [-0.1, -0.05) is 50.6 Å². The maximum Gasteiger partial charge on any atom is 0.273 e. The number of thiazole rings is 1. The average Bonchev–Trinajstić information content (AvgIpc) is 3.09. The van der Waals surface area contributed by atoms with Gasteiger partial charge in [0.15, 0.2) is 0 Å². The summed E-state index contributed by atoms with van der Waals surface area (Å²) in [7, 11) is 0. The first kappa shape index (κ1) is 21.6. The lowest BCUT2D eigenvalue weighted by atomic mass is 10.00. The predicted octanol–water partition coefficient (Wildman–Crippen LogP) is 4.29. The second-order valence-electron chi connectivity index (χ2n) is 5.96. The quantitative estimate of drug-likeness (QED) is 0.704. The van der Waals surface area contributed by atoms with Gasteiger partial charge in [-0.15, -0.1) is 23.7 Å². The fourth-order valence-corrected chi connectivity index (χ4v) is 3.58. The minimum Gasteiger partial charge on any atom is -0.334 e.